The Labute approximate surface area is 118 Å². The van der Waals surface area contributed by atoms with E-state index in [-0.39, 0.29) is 12.3 Å². The van der Waals surface area contributed by atoms with Crippen LogP contribution in [0.15, 0.2) is 24.4 Å². The number of aromatic nitrogens is 1. The maximum absolute atomic E-state index is 11.1. The molecule has 1 atom stereocenters. The van der Waals surface area contributed by atoms with Gasteiger partial charge in [-0.1, -0.05) is 0 Å². The second-order valence-corrected chi connectivity index (χ2v) is 5.62. The number of carboxylic acid groups (broad SMARTS) is 1. The zero-order chi connectivity index (χ0) is 14.3. The van der Waals surface area contributed by atoms with Crippen LogP contribution in [0.3, 0.4) is 0 Å². The van der Waals surface area contributed by atoms with Crippen LogP contribution in [0.5, 0.6) is 5.75 Å². The first-order chi connectivity index (χ1) is 9.60. The number of hydrogen-bond acceptors (Lipinski definition) is 2. The van der Waals surface area contributed by atoms with Crippen molar-refractivity contribution in [2.75, 3.05) is 7.11 Å². The SMILES string of the molecule is COc1cc2ccn(C)c2cc1C(CC(=O)O)C1CC1. The number of carboxylic acids is 1. The van der Waals surface area contributed by atoms with Crippen LogP contribution < -0.4 is 4.74 Å². The van der Waals surface area contributed by atoms with Crippen molar-refractivity contribution in [1.82, 2.24) is 4.57 Å². The molecule has 1 aliphatic rings. The average Bonchev–Trinajstić information content (AvgIpc) is 3.20. The highest BCUT2D eigenvalue weighted by Crippen LogP contribution is 2.47. The summed E-state index contributed by atoms with van der Waals surface area (Å²) in [5.41, 5.74) is 2.16. The Morgan fingerprint density at radius 1 is 1.50 bits per heavy atom. The Hall–Kier alpha value is -1.97. The zero-order valence-electron chi connectivity index (χ0n) is 11.8. The van der Waals surface area contributed by atoms with Gasteiger partial charge in [0.05, 0.1) is 13.5 Å². The first-order valence-corrected chi connectivity index (χ1v) is 6.95. The van der Waals surface area contributed by atoms with Gasteiger partial charge in [-0.2, -0.15) is 0 Å². The van der Waals surface area contributed by atoms with Gasteiger partial charge in [-0.05, 0) is 37.0 Å². The van der Waals surface area contributed by atoms with Crippen molar-refractivity contribution < 1.29 is 14.6 Å². The van der Waals surface area contributed by atoms with E-state index in [4.69, 9.17) is 9.84 Å². The highest BCUT2D eigenvalue weighted by molar-refractivity contribution is 5.83. The molecule has 0 amide bonds. The summed E-state index contributed by atoms with van der Waals surface area (Å²) in [5, 5.41) is 10.3. The van der Waals surface area contributed by atoms with E-state index in [0.717, 1.165) is 35.1 Å². The molecule has 2 aromatic rings. The third kappa shape index (κ3) is 2.26. The molecular formula is C16H19NO3. The molecule has 1 fully saturated rings. The van der Waals surface area contributed by atoms with Crippen LogP contribution >= 0.6 is 0 Å². The van der Waals surface area contributed by atoms with E-state index in [9.17, 15) is 4.79 Å². The van der Waals surface area contributed by atoms with Gasteiger partial charge in [0, 0.05) is 35.6 Å². The van der Waals surface area contributed by atoms with Crippen molar-refractivity contribution in [3.63, 3.8) is 0 Å². The van der Waals surface area contributed by atoms with E-state index in [1.807, 2.05) is 25.4 Å². The molecule has 1 aromatic carbocycles. The Kier molecular flexibility index (Phi) is 3.16. The monoisotopic (exact) mass is 273 g/mol. The fraction of sp³-hybridized carbons (Fsp3) is 0.438. The summed E-state index contributed by atoms with van der Waals surface area (Å²) < 4.78 is 7.56. The molecule has 0 saturated heterocycles. The predicted molar refractivity (Wildman–Crippen MR) is 77.2 cm³/mol. The van der Waals surface area contributed by atoms with E-state index in [0.29, 0.717) is 5.92 Å². The molecule has 1 heterocycles. The first-order valence-electron chi connectivity index (χ1n) is 6.95. The number of fused-ring (bicyclic) bond motifs is 1. The molecular weight excluding hydrogens is 254 g/mol. The summed E-state index contributed by atoms with van der Waals surface area (Å²) in [5.74, 6) is 0.609. The smallest absolute Gasteiger partial charge is 0.303 e. The van der Waals surface area contributed by atoms with E-state index >= 15 is 0 Å². The van der Waals surface area contributed by atoms with Gasteiger partial charge >= 0.3 is 5.97 Å². The first kappa shape index (κ1) is 13.0. The number of ether oxygens (including phenoxy) is 1. The molecule has 1 saturated carbocycles. The molecule has 1 N–H and O–H groups in total. The highest BCUT2D eigenvalue weighted by Gasteiger charge is 2.35. The van der Waals surface area contributed by atoms with Crippen LogP contribution in [0.4, 0.5) is 0 Å². The van der Waals surface area contributed by atoms with Crippen molar-refractivity contribution in [1.29, 1.82) is 0 Å². The summed E-state index contributed by atoms with van der Waals surface area (Å²) in [4.78, 5) is 11.1. The molecule has 1 unspecified atom stereocenters. The topological polar surface area (TPSA) is 51.5 Å². The summed E-state index contributed by atoms with van der Waals surface area (Å²) in [7, 11) is 3.65. The number of benzene rings is 1. The minimum atomic E-state index is -0.740. The van der Waals surface area contributed by atoms with Crippen LogP contribution in [0.1, 0.15) is 30.7 Å². The Balaban J connectivity index is 2.10. The Bertz CT molecular complexity index is 655. The van der Waals surface area contributed by atoms with Crippen molar-refractivity contribution in [3.05, 3.63) is 30.0 Å². The lowest BCUT2D eigenvalue weighted by molar-refractivity contribution is -0.137. The second kappa shape index (κ2) is 4.85. The predicted octanol–water partition coefficient (Wildman–Crippen LogP) is 3.16. The van der Waals surface area contributed by atoms with Gasteiger partial charge in [0.15, 0.2) is 0 Å². The molecule has 3 rings (SSSR count). The van der Waals surface area contributed by atoms with E-state index in [2.05, 4.69) is 10.6 Å². The largest absolute Gasteiger partial charge is 0.496 e. The number of nitrogens with zero attached hydrogens (tertiary/aromatic N) is 1. The quantitative estimate of drug-likeness (QED) is 0.910. The van der Waals surface area contributed by atoms with E-state index < -0.39 is 5.97 Å². The molecule has 20 heavy (non-hydrogen) atoms. The van der Waals surface area contributed by atoms with Crippen LogP contribution in [-0.2, 0) is 11.8 Å². The molecule has 0 radical (unpaired) electrons. The summed E-state index contributed by atoms with van der Waals surface area (Å²) in [6, 6.07) is 6.16. The molecule has 0 aliphatic heterocycles. The number of methoxy groups -OCH3 is 1. The van der Waals surface area contributed by atoms with Gasteiger partial charge in [0.1, 0.15) is 5.75 Å². The fourth-order valence-electron chi connectivity index (χ4n) is 3.00. The second-order valence-electron chi connectivity index (χ2n) is 5.62. The van der Waals surface area contributed by atoms with Gasteiger partial charge < -0.3 is 14.4 Å². The minimum Gasteiger partial charge on any atom is -0.496 e. The van der Waals surface area contributed by atoms with Crippen molar-refractivity contribution in [2.24, 2.45) is 13.0 Å². The van der Waals surface area contributed by atoms with E-state index in [1.54, 1.807) is 7.11 Å². The van der Waals surface area contributed by atoms with Crippen molar-refractivity contribution >= 4 is 16.9 Å². The Morgan fingerprint density at radius 2 is 2.25 bits per heavy atom. The molecule has 106 valence electrons. The molecule has 4 heteroatoms. The standard InChI is InChI=1S/C16H19NO3/c1-17-6-5-11-7-15(20-2)13(8-14(11)17)12(9-16(18)19)10-3-4-10/h5-8,10,12H,3-4,9H2,1-2H3,(H,18,19). The van der Waals surface area contributed by atoms with Gasteiger partial charge in [-0.15, -0.1) is 0 Å². The zero-order valence-corrected chi connectivity index (χ0v) is 11.8. The molecule has 0 bridgehead atoms. The van der Waals surface area contributed by atoms with Crippen LogP contribution in [-0.4, -0.2) is 22.8 Å². The maximum Gasteiger partial charge on any atom is 0.303 e. The van der Waals surface area contributed by atoms with Gasteiger partial charge in [0.25, 0.3) is 0 Å². The van der Waals surface area contributed by atoms with Crippen molar-refractivity contribution in [2.45, 2.75) is 25.2 Å². The number of aryl methyl sites for hydroxylation is 1. The average molecular weight is 273 g/mol. The van der Waals surface area contributed by atoms with E-state index in [1.165, 1.54) is 0 Å². The summed E-state index contributed by atoms with van der Waals surface area (Å²) in [6.07, 6.45) is 4.42. The third-order valence-electron chi connectivity index (χ3n) is 4.22. The molecule has 4 nitrogen and oxygen atoms in total. The maximum atomic E-state index is 11.1. The fourth-order valence-corrected chi connectivity index (χ4v) is 3.00. The lowest BCUT2D eigenvalue weighted by atomic mass is 9.89. The molecule has 1 aromatic heterocycles. The Morgan fingerprint density at radius 3 is 2.85 bits per heavy atom. The van der Waals surface area contributed by atoms with Gasteiger partial charge in [-0.25, -0.2) is 0 Å². The van der Waals surface area contributed by atoms with Gasteiger partial charge in [-0.3, -0.25) is 4.79 Å². The highest BCUT2D eigenvalue weighted by atomic mass is 16.5. The lowest BCUT2D eigenvalue weighted by Crippen LogP contribution is -2.10. The number of hydrogen-bond donors (Lipinski definition) is 1. The number of aliphatic carboxylic acids is 1. The lowest BCUT2D eigenvalue weighted by Gasteiger charge is -2.18. The molecule has 1 aliphatic carbocycles. The normalized spacial score (nSPS) is 16.3. The third-order valence-corrected chi connectivity index (χ3v) is 4.22. The summed E-state index contributed by atoms with van der Waals surface area (Å²) >= 11 is 0. The molecule has 0 spiro atoms. The number of carbonyl (C=O) groups is 1. The van der Waals surface area contributed by atoms with Crippen LogP contribution in [0.2, 0.25) is 0 Å². The van der Waals surface area contributed by atoms with Crippen LogP contribution in [0, 0.1) is 5.92 Å². The number of rotatable bonds is 5. The van der Waals surface area contributed by atoms with Crippen LogP contribution in [0.25, 0.3) is 10.9 Å². The van der Waals surface area contributed by atoms with Gasteiger partial charge in [0.2, 0.25) is 0 Å². The summed E-state index contributed by atoms with van der Waals surface area (Å²) in [6.45, 7) is 0. The minimum absolute atomic E-state index is 0.0572. The van der Waals surface area contributed by atoms with Crippen molar-refractivity contribution in [3.8, 4) is 5.75 Å².